The highest BCUT2D eigenvalue weighted by Crippen LogP contribution is 1.93. The average molecular weight is 211 g/mol. The molecule has 0 aliphatic heterocycles. The van der Waals surface area contributed by atoms with Crippen molar-refractivity contribution in [1.29, 1.82) is 0 Å². The predicted molar refractivity (Wildman–Crippen MR) is 51.2 cm³/mol. The topological polar surface area (TPSA) is 130 Å². The summed E-state index contributed by atoms with van der Waals surface area (Å²) in [6, 6.07) is -1.06. The Kier molecular flexibility index (Phi) is 3.72. The van der Waals surface area contributed by atoms with E-state index in [2.05, 4.69) is 9.97 Å². The highest BCUT2D eigenvalue weighted by atomic mass is 16.4. The molecule has 0 saturated heterocycles. The SMILES string of the molecule is N[C@@H](Cc1ncc(B(O)O)cn1)C(=O)O. The molecule has 0 fully saturated rings. The summed E-state index contributed by atoms with van der Waals surface area (Å²) >= 11 is 0. The summed E-state index contributed by atoms with van der Waals surface area (Å²) in [5.41, 5.74) is 5.41. The van der Waals surface area contributed by atoms with Crippen LogP contribution >= 0.6 is 0 Å². The van der Waals surface area contributed by atoms with E-state index in [4.69, 9.17) is 20.9 Å². The van der Waals surface area contributed by atoms with Crippen LogP contribution in [0, 0.1) is 0 Å². The Labute approximate surface area is 85.7 Å². The van der Waals surface area contributed by atoms with Gasteiger partial charge in [0.2, 0.25) is 0 Å². The molecule has 0 radical (unpaired) electrons. The smallest absolute Gasteiger partial charge is 0.480 e. The second-order valence-electron chi connectivity index (χ2n) is 2.96. The Morgan fingerprint density at radius 1 is 1.47 bits per heavy atom. The van der Waals surface area contributed by atoms with Gasteiger partial charge in [-0.05, 0) is 0 Å². The Morgan fingerprint density at radius 2 is 2.00 bits per heavy atom. The van der Waals surface area contributed by atoms with Crippen molar-refractivity contribution in [3.63, 3.8) is 0 Å². The van der Waals surface area contributed by atoms with E-state index in [-0.39, 0.29) is 17.7 Å². The summed E-state index contributed by atoms with van der Waals surface area (Å²) in [4.78, 5) is 17.9. The summed E-state index contributed by atoms with van der Waals surface area (Å²) in [7, 11) is -1.63. The van der Waals surface area contributed by atoms with Gasteiger partial charge in [-0.3, -0.25) is 4.79 Å². The molecule has 0 saturated carbocycles. The van der Waals surface area contributed by atoms with Crippen LogP contribution in [0.2, 0.25) is 0 Å². The van der Waals surface area contributed by atoms with Gasteiger partial charge in [0.05, 0.1) is 0 Å². The molecule has 0 aliphatic rings. The lowest BCUT2D eigenvalue weighted by Gasteiger charge is -2.05. The number of rotatable bonds is 4. The van der Waals surface area contributed by atoms with E-state index in [1.807, 2.05) is 0 Å². The maximum absolute atomic E-state index is 10.4. The van der Waals surface area contributed by atoms with E-state index in [9.17, 15) is 4.79 Å². The van der Waals surface area contributed by atoms with Crippen LogP contribution in [0.4, 0.5) is 0 Å². The largest absolute Gasteiger partial charge is 0.491 e. The third kappa shape index (κ3) is 3.28. The third-order valence-electron chi connectivity index (χ3n) is 1.74. The van der Waals surface area contributed by atoms with Crippen LogP contribution in [-0.2, 0) is 11.2 Å². The fraction of sp³-hybridized carbons (Fsp3) is 0.286. The number of carboxylic acid groups (broad SMARTS) is 1. The molecule has 0 spiro atoms. The highest BCUT2D eigenvalue weighted by Gasteiger charge is 2.15. The first-order chi connectivity index (χ1) is 7.00. The van der Waals surface area contributed by atoms with Crippen LogP contribution in [0.5, 0.6) is 0 Å². The lowest BCUT2D eigenvalue weighted by atomic mass is 9.83. The lowest BCUT2D eigenvalue weighted by molar-refractivity contribution is -0.138. The monoisotopic (exact) mass is 211 g/mol. The van der Waals surface area contributed by atoms with Gasteiger partial charge in [0.25, 0.3) is 0 Å². The number of nitrogens with two attached hydrogens (primary N) is 1. The Balaban J connectivity index is 2.68. The van der Waals surface area contributed by atoms with E-state index in [0.29, 0.717) is 0 Å². The molecule has 80 valence electrons. The van der Waals surface area contributed by atoms with Crippen molar-refractivity contribution in [2.24, 2.45) is 5.73 Å². The number of aromatic nitrogens is 2. The number of nitrogens with zero attached hydrogens (tertiary/aromatic N) is 2. The summed E-state index contributed by atoms with van der Waals surface area (Å²) in [6.45, 7) is 0. The van der Waals surface area contributed by atoms with E-state index < -0.39 is 19.1 Å². The summed E-state index contributed by atoms with van der Waals surface area (Å²) in [6.07, 6.45) is 2.42. The summed E-state index contributed by atoms with van der Waals surface area (Å²) in [5.74, 6) is -0.890. The van der Waals surface area contributed by atoms with Crippen molar-refractivity contribution in [2.45, 2.75) is 12.5 Å². The van der Waals surface area contributed by atoms with Crippen molar-refractivity contribution >= 4 is 18.6 Å². The Bertz CT molecular complexity index is 343. The van der Waals surface area contributed by atoms with Crippen LogP contribution in [0.25, 0.3) is 0 Å². The molecule has 1 aromatic heterocycles. The predicted octanol–water partition coefficient (Wildman–Crippen LogP) is -2.89. The normalized spacial score (nSPS) is 12.2. The van der Waals surface area contributed by atoms with Crippen molar-refractivity contribution in [1.82, 2.24) is 9.97 Å². The molecular weight excluding hydrogens is 201 g/mol. The van der Waals surface area contributed by atoms with E-state index in [0.717, 1.165) is 0 Å². The quantitative estimate of drug-likeness (QED) is 0.393. The first kappa shape index (κ1) is 11.6. The number of hydrogen-bond donors (Lipinski definition) is 4. The van der Waals surface area contributed by atoms with Crippen LogP contribution in [0.1, 0.15) is 5.82 Å². The van der Waals surface area contributed by atoms with Crippen molar-refractivity contribution in [3.8, 4) is 0 Å². The van der Waals surface area contributed by atoms with Gasteiger partial charge in [0, 0.05) is 24.3 Å². The van der Waals surface area contributed by atoms with Gasteiger partial charge in [-0.15, -0.1) is 0 Å². The molecule has 0 aromatic carbocycles. The van der Waals surface area contributed by atoms with E-state index in [1.54, 1.807) is 0 Å². The van der Waals surface area contributed by atoms with E-state index in [1.165, 1.54) is 12.4 Å². The fourth-order valence-corrected chi connectivity index (χ4v) is 0.888. The molecule has 0 bridgehead atoms. The molecule has 5 N–H and O–H groups in total. The first-order valence-corrected chi connectivity index (χ1v) is 4.16. The Hall–Kier alpha value is -1.51. The minimum absolute atomic E-state index is 0.00284. The van der Waals surface area contributed by atoms with Gasteiger partial charge in [-0.25, -0.2) is 9.97 Å². The number of hydrogen-bond acceptors (Lipinski definition) is 6. The van der Waals surface area contributed by atoms with Crippen LogP contribution in [0.15, 0.2) is 12.4 Å². The van der Waals surface area contributed by atoms with Crippen LogP contribution in [0.3, 0.4) is 0 Å². The Morgan fingerprint density at radius 3 is 2.40 bits per heavy atom. The van der Waals surface area contributed by atoms with E-state index >= 15 is 0 Å². The second kappa shape index (κ2) is 4.83. The standard InChI is InChI=1S/C7H10BN3O4/c9-5(7(12)13)1-6-10-2-4(3-11-6)8(14)15/h2-3,5,14-15H,1,9H2,(H,12,13)/t5-/m0/s1. The zero-order valence-electron chi connectivity index (χ0n) is 7.74. The first-order valence-electron chi connectivity index (χ1n) is 4.16. The highest BCUT2D eigenvalue weighted by molar-refractivity contribution is 6.58. The minimum atomic E-state index is -1.63. The molecule has 1 rings (SSSR count). The number of carbonyl (C=O) groups is 1. The van der Waals surface area contributed by atoms with Crippen LogP contribution in [-0.4, -0.2) is 44.3 Å². The molecule has 0 amide bonds. The van der Waals surface area contributed by atoms with Gasteiger partial charge < -0.3 is 20.9 Å². The molecule has 0 unspecified atom stereocenters. The minimum Gasteiger partial charge on any atom is -0.480 e. The van der Waals surface area contributed by atoms with Crippen LogP contribution < -0.4 is 11.2 Å². The lowest BCUT2D eigenvalue weighted by Crippen LogP contribution is -2.34. The van der Waals surface area contributed by atoms with Crippen molar-refractivity contribution in [2.75, 3.05) is 0 Å². The van der Waals surface area contributed by atoms with Crippen molar-refractivity contribution in [3.05, 3.63) is 18.2 Å². The maximum atomic E-state index is 10.4. The zero-order valence-corrected chi connectivity index (χ0v) is 7.74. The zero-order chi connectivity index (χ0) is 11.4. The third-order valence-corrected chi connectivity index (χ3v) is 1.74. The molecule has 15 heavy (non-hydrogen) atoms. The van der Waals surface area contributed by atoms with Gasteiger partial charge in [-0.2, -0.15) is 0 Å². The van der Waals surface area contributed by atoms with Gasteiger partial charge in [0.15, 0.2) is 0 Å². The average Bonchev–Trinajstić information content (AvgIpc) is 2.18. The molecule has 1 aromatic rings. The van der Waals surface area contributed by atoms with Gasteiger partial charge in [0.1, 0.15) is 11.9 Å². The molecule has 1 atom stereocenters. The number of carboxylic acids is 1. The summed E-state index contributed by atoms with van der Waals surface area (Å²) < 4.78 is 0. The number of aliphatic carboxylic acids is 1. The van der Waals surface area contributed by atoms with Gasteiger partial charge in [-0.1, -0.05) is 0 Å². The molecule has 7 nitrogen and oxygen atoms in total. The molecular formula is C7H10BN3O4. The second-order valence-corrected chi connectivity index (χ2v) is 2.96. The van der Waals surface area contributed by atoms with Gasteiger partial charge >= 0.3 is 13.1 Å². The molecule has 1 heterocycles. The molecule has 0 aliphatic carbocycles. The fourth-order valence-electron chi connectivity index (χ4n) is 0.888. The maximum Gasteiger partial charge on any atom is 0.491 e. The van der Waals surface area contributed by atoms with Crippen molar-refractivity contribution < 1.29 is 19.9 Å². The summed E-state index contributed by atoms with van der Waals surface area (Å²) in [5, 5.41) is 26.0. The molecule has 8 heteroatoms.